The van der Waals surface area contributed by atoms with E-state index in [1.54, 1.807) is 0 Å². The number of nitrogens with zero attached hydrogens (tertiary/aromatic N) is 1. The van der Waals surface area contributed by atoms with E-state index in [0.29, 0.717) is 13.0 Å². The highest BCUT2D eigenvalue weighted by molar-refractivity contribution is 9.10. The molecule has 2 unspecified atom stereocenters. The van der Waals surface area contributed by atoms with E-state index in [4.69, 9.17) is 5.73 Å². The van der Waals surface area contributed by atoms with Crippen molar-refractivity contribution < 1.29 is 8.42 Å². The zero-order valence-electron chi connectivity index (χ0n) is 11.6. The van der Waals surface area contributed by atoms with E-state index in [0.717, 1.165) is 16.6 Å². The zero-order valence-corrected chi connectivity index (χ0v) is 14.0. The molecule has 0 bridgehead atoms. The number of benzene rings is 1. The Bertz CT molecular complexity index is 560. The maximum atomic E-state index is 11.7. The molecule has 0 saturated carbocycles. The molecule has 2 rings (SSSR count). The molecule has 2 N–H and O–H groups in total. The average molecular weight is 361 g/mol. The highest BCUT2D eigenvalue weighted by atomic mass is 79.9. The second kappa shape index (κ2) is 6.56. The van der Waals surface area contributed by atoms with E-state index in [-0.39, 0.29) is 23.6 Å². The summed E-state index contributed by atoms with van der Waals surface area (Å²) in [5, 5.41) is 0. The number of hydrogen-bond acceptors (Lipinski definition) is 4. The van der Waals surface area contributed by atoms with Crippen LogP contribution in [0.5, 0.6) is 0 Å². The van der Waals surface area contributed by atoms with Crippen molar-refractivity contribution in [2.75, 3.05) is 24.6 Å². The van der Waals surface area contributed by atoms with Gasteiger partial charge in [-0.25, -0.2) is 8.42 Å². The summed E-state index contributed by atoms with van der Waals surface area (Å²) in [6.45, 7) is 3.30. The normalized spacial score (nSPS) is 22.9. The van der Waals surface area contributed by atoms with Gasteiger partial charge < -0.3 is 5.73 Å². The number of sulfone groups is 1. The maximum absolute atomic E-state index is 11.7. The first-order chi connectivity index (χ1) is 9.41. The van der Waals surface area contributed by atoms with Crippen LogP contribution in [0.2, 0.25) is 0 Å². The lowest BCUT2D eigenvalue weighted by Crippen LogP contribution is -2.41. The molecular formula is C14H21BrN2O2S. The van der Waals surface area contributed by atoms with Crippen molar-refractivity contribution >= 4 is 25.8 Å². The molecular weight excluding hydrogens is 340 g/mol. The second-order valence-electron chi connectivity index (χ2n) is 5.37. The monoisotopic (exact) mass is 360 g/mol. The van der Waals surface area contributed by atoms with Gasteiger partial charge in [0, 0.05) is 17.1 Å². The van der Waals surface area contributed by atoms with Crippen LogP contribution < -0.4 is 5.73 Å². The Morgan fingerprint density at radius 3 is 2.60 bits per heavy atom. The van der Waals surface area contributed by atoms with Gasteiger partial charge in [-0.05, 0) is 31.5 Å². The Labute approximate surface area is 129 Å². The summed E-state index contributed by atoms with van der Waals surface area (Å²) < 4.78 is 24.5. The molecule has 0 radical (unpaired) electrons. The van der Waals surface area contributed by atoms with Crippen LogP contribution in [0.25, 0.3) is 0 Å². The quantitative estimate of drug-likeness (QED) is 0.894. The Kier molecular flexibility index (Phi) is 5.23. The third kappa shape index (κ3) is 3.81. The molecule has 0 spiro atoms. The fourth-order valence-electron chi connectivity index (χ4n) is 2.76. The van der Waals surface area contributed by atoms with Crippen LogP contribution in [0.4, 0.5) is 0 Å². The van der Waals surface area contributed by atoms with Crippen molar-refractivity contribution in [3.05, 3.63) is 34.3 Å². The molecule has 0 aromatic heterocycles. The predicted octanol–water partition coefficient (Wildman–Crippen LogP) is 1.96. The van der Waals surface area contributed by atoms with E-state index in [1.807, 2.05) is 25.1 Å². The van der Waals surface area contributed by atoms with E-state index in [1.165, 1.54) is 0 Å². The number of rotatable bonds is 3. The molecule has 1 aliphatic rings. The van der Waals surface area contributed by atoms with Gasteiger partial charge in [0.15, 0.2) is 9.84 Å². The zero-order chi connectivity index (χ0) is 14.8. The standard InChI is InChI=1S/C14H21BrN2O2S/c1-11(16)14(12-5-2-3-6-13(12)15)17-7-4-9-20(18,19)10-8-17/h2-3,5-6,11,14H,4,7-10,16H2,1H3. The smallest absolute Gasteiger partial charge is 0.151 e. The Morgan fingerprint density at radius 1 is 1.25 bits per heavy atom. The molecule has 1 fully saturated rings. The summed E-state index contributed by atoms with van der Waals surface area (Å²) in [4.78, 5) is 2.20. The minimum absolute atomic E-state index is 0.0406. The lowest BCUT2D eigenvalue weighted by Gasteiger charge is -2.34. The Balaban J connectivity index is 2.28. The van der Waals surface area contributed by atoms with Crippen molar-refractivity contribution in [3.63, 3.8) is 0 Å². The lowest BCUT2D eigenvalue weighted by atomic mass is 9.99. The van der Waals surface area contributed by atoms with Gasteiger partial charge in [0.1, 0.15) is 0 Å². The molecule has 1 aromatic carbocycles. The van der Waals surface area contributed by atoms with Gasteiger partial charge in [0.05, 0.1) is 17.5 Å². The van der Waals surface area contributed by atoms with Crippen LogP contribution in [-0.4, -0.2) is 44.0 Å². The summed E-state index contributed by atoms with van der Waals surface area (Å²) in [6.07, 6.45) is 0.677. The van der Waals surface area contributed by atoms with E-state index >= 15 is 0 Å². The highest BCUT2D eigenvalue weighted by Crippen LogP contribution is 2.30. The molecule has 1 aliphatic heterocycles. The lowest BCUT2D eigenvalue weighted by molar-refractivity contribution is 0.189. The number of hydrogen-bond donors (Lipinski definition) is 1. The van der Waals surface area contributed by atoms with Gasteiger partial charge >= 0.3 is 0 Å². The third-order valence-electron chi connectivity index (χ3n) is 3.71. The average Bonchev–Trinajstić information content (AvgIpc) is 2.53. The van der Waals surface area contributed by atoms with Gasteiger partial charge in [-0.15, -0.1) is 0 Å². The Hall–Kier alpha value is -0.430. The van der Waals surface area contributed by atoms with Crippen LogP contribution in [0.3, 0.4) is 0 Å². The third-order valence-corrected chi connectivity index (χ3v) is 6.14. The van der Waals surface area contributed by atoms with Crippen LogP contribution >= 0.6 is 15.9 Å². The minimum Gasteiger partial charge on any atom is -0.326 e. The molecule has 6 heteroatoms. The van der Waals surface area contributed by atoms with Crippen LogP contribution in [-0.2, 0) is 9.84 Å². The first kappa shape index (κ1) is 15.9. The van der Waals surface area contributed by atoms with E-state index < -0.39 is 9.84 Å². The molecule has 0 amide bonds. The molecule has 2 atom stereocenters. The van der Waals surface area contributed by atoms with Crippen molar-refractivity contribution in [3.8, 4) is 0 Å². The predicted molar refractivity (Wildman–Crippen MR) is 85.4 cm³/mol. The largest absolute Gasteiger partial charge is 0.326 e. The Morgan fingerprint density at radius 2 is 1.95 bits per heavy atom. The van der Waals surface area contributed by atoms with Crippen molar-refractivity contribution in [2.24, 2.45) is 5.73 Å². The van der Waals surface area contributed by atoms with Crippen LogP contribution in [0, 0.1) is 0 Å². The molecule has 20 heavy (non-hydrogen) atoms. The molecule has 0 aliphatic carbocycles. The maximum Gasteiger partial charge on any atom is 0.151 e. The van der Waals surface area contributed by atoms with Crippen molar-refractivity contribution in [1.82, 2.24) is 4.90 Å². The highest BCUT2D eigenvalue weighted by Gasteiger charge is 2.29. The SMILES string of the molecule is CC(N)C(c1ccccc1Br)N1CCCS(=O)(=O)CC1. The molecule has 4 nitrogen and oxygen atoms in total. The molecule has 112 valence electrons. The topological polar surface area (TPSA) is 63.4 Å². The fraction of sp³-hybridized carbons (Fsp3) is 0.571. The fourth-order valence-corrected chi connectivity index (χ4v) is 4.57. The van der Waals surface area contributed by atoms with Crippen LogP contribution in [0.15, 0.2) is 28.7 Å². The molecule has 1 saturated heterocycles. The number of halogens is 1. The van der Waals surface area contributed by atoms with Gasteiger partial charge in [0.25, 0.3) is 0 Å². The number of nitrogens with two attached hydrogens (primary N) is 1. The molecule has 1 heterocycles. The summed E-state index contributed by atoms with van der Waals surface area (Å²) in [5.41, 5.74) is 7.30. The summed E-state index contributed by atoms with van der Waals surface area (Å²) >= 11 is 3.57. The summed E-state index contributed by atoms with van der Waals surface area (Å²) in [7, 11) is -2.90. The molecule has 1 aromatic rings. The first-order valence-electron chi connectivity index (χ1n) is 6.85. The van der Waals surface area contributed by atoms with E-state index in [2.05, 4.69) is 26.9 Å². The van der Waals surface area contributed by atoms with Crippen molar-refractivity contribution in [1.29, 1.82) is 0 Å². The van der Waals surface area contributed by atoms with Gasteiger partial charge in [-0.2, -0.15) is 0 Å². The van der Waals surface area contributed by atoms with Gasteiger partial charge in [-0.3, -0.25) is 4.90 Å². The summed E-state index contributed by atoms with van der Waals surface area (Å²) in [5.74, 6) is 0.506. The van der Waals surface area contributed by atoms with Crippen molar-refractivity contribution in [2.45, 2.75) is 25.4 Å². The minimum atomic E-state index is -2.90. The second-order valence-corrected chi connectivity index (χ2v) is 8.52. The van der Waals surface area contributed by atoms with Gasteiger partial charge in [-0.1, -0.05) is 34.1 Å². The summed E-state index contributed by atoms with van der Waals surface area (Å²) in [6, 6.07) is 7.99. The van der Waals surface area contributed by atoms with Gasteiger partial charge in [0.2, 0.25) is 0 Å². The van der Waals surface area contributed by atoms with E-state index in [9.17, 15) is 8.42 Å². The van der Waals surface area contributed by atoms with Crippen LogP contribution in [0.1, 0.15) is 24.9 Å². The first-order valence-corrected chi connectivity index (χ1v) is 9.46.